The number of nitrogens with one attached hydrogen (secondary N) is 2. The number of aromatic nitrogens is 3. The van der Waals surface area contributed by atoms with Crippen LogP contribution in [0.4, 0.5) is 10.5 Å². The molecule has 0 unspecified atom stereocenters. The molecule has 0 spiro atoms. The number of amides is 3. The van der Waals surface area contributed by atoms with Crippen molar-refractivity contribution in [2.45, 2.75) is 63.6 Å². The van der Waals surface area contributed by atoms with E-state index >= 15 is 0 Å². The van der Waals surface area contributed by atoms with Gasteiger partial charge in [-0.2, -0.15) is 5.10 Å². The summed E-state index contributed by atoms with van der Waals surface area (Å²) in [6.45, 7) is 8.22. The molecule has 0 saturated heterocycles. The van der Waals surface area contributed by atoms with Crippen LogP contribution >= 0.6 is 11.8 Å². The number of nitrogens with zero attached hydrogens (tertiary/aromatic N) is 4. The first-order valence-electron chi connectivity index (χ1n) is 12.9. The second-order valence-electron chi connectivity index (χ2n) is 10.2. The largest absolute Gasteiger partial charge is 0.444 e. The Labute approximate surface area is 232 Å². The van der Waals surface area contributed by atoms with Gasteiger partial charge in [0.05, 0.1) is 17.9 Å². The summed E-state index contributed by atoms with van der Waals surface area (Å²) in [7, 11) is 0. The number of carbonyl (C=O) groups excluding carboxylic acids is 3. The third-order valence-electron chi connectivity index (χ3n) is 5.95. The Balaban J connectivity index is 1.63. The van der Waals surface area contributed by atoms with Gasteiger partial charge in [-0.05, 0) is 63.1 Å². The zero-order valence-corrected chi connectivity index (χ0v) is 23.5. The van der Waals surface area contributed by atoms with Crippen molar-refractivity contribution < 1.29 is 19.1 Å². The van der Waals surface area contributed by atoms with Gasteiger partial charge in [0.15, 0.2) is 0 Å². The van der Waals surface area contributed by atoms with Crippen LogP contribution in [-0.4, -0.2) is 56.6 Å². The van der Waals surface area contributed by atoms with Crippen LogP contribution in [0.3, 0.4) is 0 Å². The Morgan fingerprint density at radius 3 is 2.59 bits per heavy atom. The van der Waals surface area contributed by atoms with Crippen LogP contribution in [-0.2, 0) is 16.1 Å². The Morgan fingerprint density at radius 2 is 1.92 bits per heavy atom. The summed E-state index contributed by atoms with van der Waals surface area (Å²) in [6.07, 6.45) is 4.29. The van der Waals surface area contributed by atoms with Crippen LogP contribution < -0.4 is 15.5 Å². The molecule has 3 aromatic rings. The number of benzene rings is 2. The van der Waals surface area contributed by atoms with E-state index in [0.717, 1.165) is 29.0 Å². The number of rotatable bonds is 8. The first-order valence-corrected chi connectivity index (χ1v) is 13.9. The van der Waals surface area contributed by atoms with Gasteiger partial charge < -0.3 is 20.3 Å². The molecule has 0 bridgehead atoms. The number of anilines is 1. The van der Waals surface area contributed by atoms with E-state index in [1.54, 1.807) is 48.8 Å². The van der Waals surface area contributed by atoms with Gasteiger partial charge in [-0.1, -0.05) is 25.5 Å². The SMILES string of the molecule is CCCCNC(=O)c1ccc2c(c1)N(Cc1ccc(-n3cncn3)cc1)C(=O)[C@@H](NC(=O)OC(C)(C)C)CS2. The highest BCUT2D eigenvalue weighted by atomic mass is 32.2. The fourth-order valence-corrected chi connectivity index (χ4v) is 5.07. The lowest BCUT2D eigenvalue weighted by Gasteiger charge is -2.27. The van der Waals surface area contributed by atoms with Crippen molar-refractivity contribution >= 4 is 35.4 Å². The smallest absolute Gasteiger partial charge is 0.408 e. The summed E-state index contributed by atoms with van der Waals surface area (Å²) in [5, 5.41) is 9.83. The number of ether oxygens (including phenoxy) is 1. The van der Waals surface area contributed by atoms with Crippen LogP contribution in [0.25, 0.3) is 5.69 Å². The molecule has 11 heteroatoms. The Kier molecular flexibility index (Phi) is 8.90. The van der Waals surface area contributed by atoms with Gasteiger partial charge in [-0.15, -0.1) is 11.8 Å². The van der Waals surface area contributed by atoms with Crippen molar-refractivity contribution in [3.05, 3.63) is 66.2 Å². The molecule has 3 amide bonds. The predicted octanol–water partition coefficient (Wildman–Crippen LogP) is 4.33. The second kappa shape index (κ2) is 12.3. The lowest BCUT2D eigenvalue weighted by Crippen LogP contribution is -2.50. The average Bonchev–Trinajstić information content (AvgIpc) is 3.40. The van der Waals surface area contributed by atoms with Crippen molar-refractivity contribution in [1.82, 2.24) is 25.4 Å². The molecule has 2 N–H and O–H groups in total. The van der Waals surface area contributed by atoms with E-state index in [4.69, 9.17) is 4.74 Å². The topological polar surface area (TPSA) is 118 Å². The van der Waals surface area contributed by atoms with E-state index in [2.05, 4.69) is 27.6 Å². The van der Waals surface area contributed by atoms with E-state index in [1.165, 1.54) is 18.1 Å². The molecule has 1 atom stereocenters. The molecule has 1 aliphatic rings. The zero-order chi connectivity index (χ0) is 28.0. The molecule has 1 aliphatic heterocycles. The van der Waals surface area contributed by atoms with Gasteiger partial charge in [0, 0.05) is 22.8 Å². The lowest BCUT2D eigenvalue weighted by atomic mass is 10.1. The molecule has 2 aromatic carbocycles. The van der Waals surface area contributed by atoms with Gasteiger partial charge in [0.25, 0.3) is 11.8 Å². The van der Waals surface area contributed by atoms with Crippen molar-refractivity contribution in [2.75, 3.05) is 17.2 Å². The maximum absolute atomic E-state index is 13.9. The lowest BCUT2D eigenvalue weighted by molar-refractivity contribution is -0.120. The van der Waals surface area contributed by atoms with E-state index in [1.807, 2.05) is 30.3 Å². The zero-order valence-electron chi connectivity index (χ0n) is 22.6. The van der Waals surface area contributed by atoms with Gasteiger partial charge in [0.2, 0.25) is 0 Å². The highest BCUT2D eigenvalue weighted by Crippen LogP contribution is 2.36. The minimum absolute atomic E-state index is 0.187. The molecule has 0 fully saturated rings. The van der Waals surface area contributed by atoms with Crippen LogP contribution in [0.5, 0.6) is 0 Å². The second-order valence-corrected chi connectivity index (χ2v) is 11.3. The minimum atomic E-state index is -0.812. The monoisotopic (exact) mass is 550 g/mol. The van der Waals surface area contributed by atoms with Crippen LogP contribution in [0.2, 0.25) is 0 Å². The summed E-state index contributed by atoms with van der Waals surface area (Å²) in [6, 6.07) is 12.2. The van der Waals surface area contributed by atoms with Gasteiger partial charge in [-0.25, -0.2) is 14.5 Å². The molecule has 39 heavy (non-hydrogen) atoms. The Morgan fingerprint density at radius 1 is 1.15 bits per heavy atom. The number of alkyl carbamates (subject to hydrolysis) is 1. The molecular formula is C28H34N6O4S. The predicted molar refractivity (Wildman–Crippen MR) is 150 cm³/mol. The fourth-order valence-electron chi connectivity index (χ4n) is 4.02. The summed E-state index contributed by atoms with van der Waals surface area (Å²) in [5.41, 5.74) is 2.12. The standard InChI is InChI=1S/C28H34N6O4S/c1-5-6-13-30-25(35)20-9-12-24-23(14-20)33(15-19-7-10-21(11-8-19)34-18-29-17-31-34)26(36)22(16-39-24)32-27(37)38-28(2,3)4/h7-12,14,17-18,22H,5-6,13,15-16H2,1-4H3,(H,30,35)(H,32,37)/t22-/m0/s1. The van der Waals surface area contributed by atoms with Crippen LogP contribution in [0.1, 0.15) is 56.5 Å². The number of unbranched alkanes of at least 4 members (excludes halogenated alkanes) is 1. The van der Waals surface area contributed by atoms with Gasteiger partial charge in [0.1, 0.15) is 24.3 Å². The van der Waals surface area contributed by atoms with Crippen molar-refractivity contribution in [2.24, 2.45) is 0 Å². The molecule has 0 aliphatic carbocycles. The molecule has 206 valence electrons. The molecule has 2 heterocycles. The fraction of sp³-hybridized carbons (Fsp3) is 0.393. The quantitative estimate of drug-likeness (QED) is 0.401. The first-order chi connectivity index (χ1) is 18.6. The first kappa shape index (κ1) is 28.2. The van der Waals surface area contributed by atoms with E-state index in [0.29, 0.717) is 23.5 Å². The number of hydrogen-bond acceptors (Lipinski definition) is 7. The third-order valence-corrected chi connectivity index (χ3v) is 7.10. The number of carbonyl (C=O) groups is 3. The van der Waals surface area contributed by atoms with Crippen molar-refractivity contribution in [3.63, 3.8) is 0 Å². The van der Waals surface area contributed by atoms with E-state index < -0.39 is 17.7 Å². The minimum Gasteiger partial charge on any atom is -0.444 e. The summed E-state index contributed by atoms with van der Waals surface area (Å²) >= 11 is 1.46. The normalized spacial score (nSPS) is 15.3. The molecule has 4 rings (SSSR count). The highest BCUT2D eigenvalue weighted by molar-refractivity contribution is 7.99. The maximum Gasteiger partial charge on any atom is 0.408 e. The Bertz CT molecular complexity index is 1300. The van der Waals surface area contributed by atoms with Gasteiger partial charge >= 0.3 is 6.09 Å². The van der Waals surface area contributed by atoms with Crippen LogP contribution in [0, 0.1) is 0 Å². The number of thioether (sulfide) groups is 1. The van der Waals surface area contributed by atoms with Crippen molar-refractivity contribution in [1.29, 1.82) is 0 Å². The summed E-state index contributed by atoms with van der Waals surface area (Å²) in [4.78, 5) is 45.7. The molecule has 0 saturated carbocycles. The molecule has 10 nitrogen and oxygen atoms in total. The summed E-state index contributed by atoms with van der Waals surface area (Å²) in [5.74, 6) is -0.140. The van der Waals surface area contributed by atoms with Crippen LogP contribution in [0.15, 0.2) is 60.0 Å². The highest BCUT2D eigenvalue weighted by Gasteiger charge is 2.33. The van der Waals surface area contributed by atoms with E-state index in [-0.39, 0.29) is 18.4 Å². The maximum atomic E-state index is 13.9. The molecule has 1 aromatic heterocycles. The molecule has 0 radical (unpaired) electrons. The summed E-state index contributed by atoms with van der Waals surface area (Å²) < 4.78 is 7.06. The Hall–Kier alpha value is -3.86. The third kappa shape index (κ3) is 7.38. The van der Waals surface area contributed by atoms with Crippen molar-refractivity contribution in [3.8, 4) is 5.69 Å². The average molecular weight is 551 g/mol. The molecular weight excluding hydrogens is 516 g/mol. The number of hydrogen-bond donors (Lipinski definition) is 2. The van der Waals surface area contributed by atoms with Gasteiger partial charge in [-0.3, -0.25) is 9.59 Å². The number of fused-ring (bicyclic) bond motifs is 1. The van der Waals surface area contributed by atoms with E-state index in [9.17, 15) is 14.4 Å².